The topological polar surface area (TPSA) is 55.1 Å². The summed E-state index contributed by atoms with van der Waals surface area (Å²) in [5, 5.41) is 3.36. The Morgan fingerprint density at radius 3 is 2.79 bits per heavy atom. The van der Waals surface area contributed by atoms with Crippen LogP contribution in [-0.2, 0) is 0 Å². The van der Waals surface area contributed by atoms with Crippen molar-refractivity contribution in [3.8, 4) is 0 Å². The molecule has 1 unspecified atom stereocenters. The second kappa shape index (κ2) is 7.30. The van der Waals surface area contributed by atoms with Crippen molar-refractivity contribution in [2.24, 2.45) is 5.92 Å². The first-order valence-electron chi connectivity index (χ1n) is 9.44. The van der Waals surface area contributed by atoms with Crippen LogP contribution in [0.1, 0.15) is 48.5 Å². The fraction of sp³-hybridized carbons (Fsp3) is 0.381. The molecule has 5 nitrogen and oxygen atoms in total. The number of nitrogens with one attached hydrogen (secondary N) is 1. The Hall–Kier alpha value is -2.83. The number of aromatic nitrogens is 4. The van der Waals surface area contributed by atoms with E-state index >= 15 is 0 Å². The maximum Gasteiger partial charge on any atom is 0.223 e. The van der Waals surface area contributed by atoms with Crippen LogP contribution in [0, 0.1) is 12.8 Å². The van der Waals surface area contributed by atoms with Gasteiger partial charge in [-0.25, -0.2) is 23.7 Å². The van der Waals surface area contributed by atoms with Crippen LogP contribution < -0.4 is 5.32 Å². The lowest BCUT2D eigenvalue weighted by molar-refractivity contribution is 0.259. The van der Waals surface area contributed by atoms with Gasteiger partial charge in [-0.2, -0.15) is 0 Å². The zero-order valence-corrected chi connectivity index (χ0v) is 16.0. The SMILES string of the molecule is C=C(c1ccc2ncc(C(F)CF)n2c1)c1cnc(N[C@H](C)C2CC2)nc1C. The van der Waals surface area contributed by atoms with Crippen LogP contribution in [0.5, 0.6) is 0 Å². The summed E-state index contributed by atoms with van der Waals surface area (Å²) in [6, 6.07) is 3.98. The Kier molecular flexibility index (Phi) is 4.83. The molecule has 0 amide bonds. The number of rotatable bonds is 7. The molecule has 1 fully saturated rings. The highest BCUT2D eigenvalue weighted by Crippen LogP contribution is 2.33. The number of fused-ring (bicyclic) bond motifs is 1. The molecule has 1 aliphatic rings. The number of alkyl halides is 2. The van der Waals surface area contributed by atoms with E-state index in [-0.39, 0.29) is 5.69 Å². The molecule has 1 aliphatic carbocycles. The van der Waals surface area contributed by atoms with E-state index in [1.54, 1.807) is 22.9 Å². The van der Waals surface area contributed by atoms with E-state index in [9.17, 15) is 8.78 Å². The van der Waals surface area contributed by atoms with E-state index in [0.29, 0.717) is 23.6 Å². The molecule has 0 aromatic carbocycles. The van der Waals surface area contributed by atoms with E-state index in [4.69, 9.17) is 0 Å². The normalized spacial score (nSPS) is 16.1. The molecular weight excluding hydrogens is 360 g/mol. The average Bonchev–Trinajstić information content (AvgIpc) is 3.46. The third kappa shape index (κ3) is 3.48. The lowest BCUT2D eigenvalue weighted by Gasteiger charge is -2.15. The van der Waals surface area contributed by atoms with Crippen LogP contribution in [0.2, 0.25) is 0 Å². The van der Waals surface area contributed by atoms with Gasteiger partial charge in [0.05, 0.1) is 17.6 Å². The van der Waals surface area contributed by atoms with Gasteiger partial charge >= 0.3 is 0 Å². The zero-order chi connectivity index (χ0) is 19.8. The Labute approximate surface area is 162 Å². The maximum absolute atomic E-state index is 13.9. The molecule has 3 aromatic rings. The minimum atomic E-state index is -1.71. The monoisotopic (exact) mass is 383 g/mol. The van der Waals surface area contributed by atoms with Crippen molar-refractivity contribution in [1.29, 1.82) is 0 Å². The van der Waals surface area contributed by atoms with Crippen LogP contribution >= 0.6 is 0 Å². The summed E-state index contributed by atoms with van der Waals surface area (Å²) in [5.41, 5.74) is 3.86. The van der Waals surface area contributed by atoms with Gasteiger partial charge < -0.3 is 9.72 Å². The minimum absolute atomic E-state index is 0.189. The molecule has 0 aliphatic heterocycles. The van der Waals surface area contributed by atoms with Gasteiger partial charge in [0, 0.05) is 24.0 Å². The second-order valence-corrected chi connectivity index (χ2v) is 7.39. The molecule has 0 bridgehead atoms. The fourth-order valence-corrected chi connectivity index (χ4v) is 3.39. The maximum atomic E-state index is 13.9. The molecule has 0 radical (unpaired) electrons. The molecule has 1 N–H and O–H groups in total. The van der Waals surface area contributed by atoms with Crippen molar-refractivity contribution in [1.82, 2.24) is 19.4 Å². The van der Waals surface area contributed by atoms with Crippen LogP contribution in [0.15, 0.2) is 37.3 Å². The quantitative estimate of drug-likeness (QED) is 0.643. The van der Waals surface area contributed by atoms with Crippen molar-refractivity contribution in [3.63, 3.8) is 0 Å². The predicted octanol–water partition coefficient (Wildman–Crippen LogP) is 4.68. The lowest BCUT2D eigenvalue weighted by atomic mass is 10.0. The average molecular weight is 383 g/mol. The summed E-state index contributed by atoms with van der Waals surface area (Å²) in [5.74, 6) is 1.32. The zero-order valence-electron chi connectivity index (χ0n) is 16.0. The minimum Gasteiger partial charge on any atom is -0.351 e. The van der Waals surface area contributed by atoms with Crippen LogP contribution in [0.3, 0.4) is 0 Å². The molecular formula is C21H23F2N5. The van der Waals surface area contributed by atoms with E-state index in [2.05, 4.69) is 33.8 Å². The van der Waals surface area contributed by atoms with Crippen molar-refractivity contribution in [2.45, 2.75) is 38.9 Å². The third-order valence-electron chi connectivity index (χ3n) is 5.33. The Bertz CT molecular complexity index is 1020. The molecule has 2 atom stereocenters. The Morgan fingerprint density at radius 2 is 2.11 bits per heavy atom. The molecule has 28 heavy (non-hydrogen) atoms. The van der Waals surface area contributed by atoms with Gasteiger partial charge in [-0.1, -0.05) is 6.58 Å². The number of imidazole rings is 1. The van der Waals surface area contributed by atoms with E-state index < -0.39 is 12.8 Å². The van der Waals surface area contributed by atoms with Crippen molar-refractivity contribution in [3.05, 3.63) is 59.8 Å². The molecule has 7 heteroatoms. The Morgan fingerprint density at radius 1 is 1.32 bits per heavy atom. The van der Waals surface area contributed by atoms with E-state index in [1.165, 1.54) is 19.0 Å². The largest absolute Gasteiger partial charge is 0.351 e. The number of halogens is 2. The number of aryl methyl sites for hydroxylation is 1. The number of nitrogens with zero attached hydrogens (tertiary/aromatic N) is 4. The van der Waals surface area contributed by atoms with E-state index in [1.807, 2.05) is 13.0 Å². The van der Waals surface area contributed by atoms with Gasteiger partial charge in [-0.15, -0.1) is 0 Å². The first kappa shape index (κ1) is 18.5. The first-order chi connectivity index (χ1) is 13.5. The highest BCUT2D eigenvalue weighted by Gasteiger charge is 2.28. The lowest BCUT2D eigenvalue weighted by Crippen LogP contribution is -2.19. The smallest absolute Gasteiger partial charge is 0.223 e. The second-order valence-electron chi connectivity index (χ2n) is 7.39. The first-order valence-corrected chi connectivity index (χ1v) is 9.44. The van der Waals surface area contributed by atoms with Gasteiger partial charge in [0.15, 0.2) is 6.17 Å². The third-order valence-corrected chi connectivity index (χ3v) is 5.33. The van der Waals surface area contributed by atoms with Gasteiger partial charge in [0.1, 0.15) is 12.3 Å². The standard InChI is InChI=1S/C21H23F2N5/c1-12(16-6-7-20-24-10-19(18(23)8-22)28(20)11-16)17-9-25-21(27-14(17)3)26-13(2)15-4-5-15/h6-7,9-11,13,15,18H,1,4-5,8H2,2-3H3,(H,25,26,27)/t13-,18?/m1/s1. The van der Waals surface area contributed by atoms with Gasteiger partial charge in [-0.3, -0.25) is 0 Å². The highest BCUT2D eigenvalue weighted by atomic mass is 19.2. The van der Waals surface area contributed by atoms with Crippen molar-refractivity contribution in [2.75, 3.05) is 12.0 Å². The summed E-state index contributed by atoms with van der Waals surface area (Å²) in [7, 11) is 0. The van der Waals surface area contributed by atoms with Gasteiger partial charge in [-0.05, 0) is 55.9 Å². The van der Waals surface area contributed by atoms with Crippen LogP contribution in [0.25, 0.3) is 11.2 Å². The van der Waals surface area contributed by atoms with Gasteiger partial charge in [0.2, 0.25) is 5.95 Å². The number of pyridine rings is 1. The molecule has 4 rings (SSSR count). The molecule has 1 saturated carbocycles. The molecule has 3 heterocycles. The molecule has 146 valence electrons. The predicted molar refractivity (Wildman–Crippen MR) is 106 cm³/mol. The number of anilines is 1. The van der Waals surface area contributed by atoms with E-state index in [0.717, 1.165) is 22.4 Å². The van der Waals surface area contributed by atoms with Crippen LogP contribution in [0.4, 0.5) is 14.7 Å². The fourth-order valence-electron chi connectivity index (χ4n) is 3.39. The molecule has 0 saturated heterocycles. The Balaban J connectivity index is 1.61. The molecule has 0 spiro atoms. The van der Waals surface area contributed by atoms with Crippen LogP contribution in [-0.4, -0.2) is 32.1 Å². The number of hydrogen-bond donors (Lipinski definition) is 1. The highest BCUT2D eigenvalue weighted by molar-refractivity contribution is 5.79. The number of hydrogen-bond acceptors (Lipinski definition) is 4. The summed E-state index contributed by atoms with van der Waals surface area (Å²) in [6.07, 6.45) is 5.64. The summed E-state index contributed by atoms with van der Waals surface area (Å²) >= 11 is 0. The summed E-state index contributed by atoms with van der Waals surface area (Å²) in [6.45, 7) is 7.15. The van der Waals surface area contributed by atoms with Crippen molar-refractivity contribution >= 4 is 17.2 Å². The summed E-state index contributed by atoms with van der Waals surface area (Å²) < 4.78 is 28.2. The summed E-state index contributed by atoms with van der Waals surface area (Å²) in [4.78, 5) is 13.1. The van der Waals surface area contributed by atoms with Crippen molar-refractivity contribution < 1.29 is 8.78 Å². The molecule has 3 aromatic heterocycles. The van der Waals surface area contributed by atoms with Gasteiger partial charge in [0.25, 0.3) is 0 Å².